The van der Waals surface area contributed by atoms with E-state index in [0.717, 1.165) is 67.0 Å². The molecule has 4 heteroatoms. The van der Waals surface area contributed by atoms with Crippen LogP contribution in [0.25, 0.3) is 94.3 Å². The second-order valence-corrected chi connectivity index (χ2v) is 14.9. The highest BCUT2D eigenvalue weighted by molar-refractivity contribution is 6.15. The van der Waals surface area contributed by atoms with Crippen LogP contribution < -0.4 is 0 Å². The van der Waals surface area contributed by atoms with Crippen LogP contribution in [0.4, 0.5) is 0 Å². The van der Waals surface area contributed by atoms with Crippen molar-refractivity contribution < 1.29 is 0 Å². The molecular weight excluding hydrogens is 657 g/mol. The number of benzene rings is 7. The molecule has 0 saturated heterocycles. The summed E-state index contributed by atoms with van der Waals surface area (Å²) >= 11 is 0. The van der Waals surface area contributed by atoms with Gasteiger partial charge in [-0.2, -0.15) is 5.10 Å². The zero-order valence-corrected chi connectivity index (χ0v) is 30.0. The van der Waals surface area contributed by atoms with Crippen molar-refractivity contribution in [2.45, 2.75) is 19.3 Å². The van der Waals surface area contributed by atoms with Gasteiger partial charge in [-0.15, -0.1) is 0 Å². The molecule has 0 spiro atoms. The topological polar surface area (TPSA) is 43.1 Å². The van der Waals surface area contributed by atoms with Crippen molar-refractivity contribution in [3.8, 4) is 56.2 Å². The lowest BCUT2D eigenvalue weighted by molar-refractivity contribution is 0.666. The summed E-state index contributed by atoms with van der Waals surface area (Å²) in [6.07, 6.45) is 0. The van der Waals surface area contributed by atoms with E-state index in [1.807, 2.05) is 28.8 Å². The fourth-order valence-electron chi connectivity index (χ4n) is 8.79. The first-order chi connectivity index (χ1) is 26.5. The third kappa shape index (κ3) is 4.53. The molecule has 3 heterocycles. The normalized spacial score (nSPS) is 13.1. The van der Waals surface area contributed by atoms with E-state index in [-0.39, 0.29) is 5.41 Å². The lowest BCUT2D eigenvalue weighted by atomic mass is 9.79. The highest BCUT2D eigenvalue weighted by Crippen LogP contribution is 2.53. The number of hydrogen-bond donors (Lipinski definition) is 0. The second kappa shape index (κ2) is 11.5. The zero-order valence-electron chi connectivity index (χ0n) is 30.0. The van der Waals surface area contributed by atoms with E-state index >= 15 is 0 Å². The number of para-hydroxylation sites is 2. The number of hydrogen-bond acceptors (Lipinski definition) is 3. The van der Waals surface area contributed by atoms with Crippen molar-refractivity contribution in [1.29, 1.82) is 0 Å². The predicted octanol–water partition coefficient (Wildman–Crippen LogP) is 12.6. The summed E-state index contributed by atoms with van der Waals surface area (Å²) in [6.45, 7) is 4.73. The molecule has 54 heavy (non-hydrogen) atoms. The molecule has 0 saturated carbocycles. The fraction of sp³-hybridized carbons (Fsp3) is 0.0600. The van der Waals surface area contributed by atoms with Gasteiger partial charge in [0.25, 0.3) is 0 Å². The summed E-state index contributed by atoms with van der Waals surface area (Å²) in [5, 5.41) is 9.83. The average molecular weight is 691 g/mol. The maximum Gasteiger partial charge on any atom is 0.161 e. The number of rotatable bonds is 4. The standard InChI is InChI=1S/C50H34N4/c1-50(2)41-17-9-6-14-36(41)37-28-29-40-46(47(37)50)39-16-8-11-19-43(39)51-48(40)34-24-20-31(21-25-34)32-22-26-35(27-23-32)49-52-42-18-10-7-15-38(42)45-30-44(53-54(45)49)33-12-4-3-5-13-33/h3-30H,1-2H3. The number of aromatic nitrogens is 4. The number of nitrogens with zero attached hydrogens (tertiary/aromatic N) is 4. The summed E-state index contributed by atoms with van der Waals surface area (Å²) in [5.41, 5.74) is 15.8. The quantitative estimate of drug-likeness (QED) is 0.173. The highest BCUT2D eigenvalue weighted by Gasteiger charge is 2.37. The molecule has 0 N–H and O–H groups in total. The minimum atomic E-state index is -0.126. The molecule has 0 unspecified atom stereocenters. The second-order valence-electron chi connectivity index (χ2n) is 14.9. The summed E-state index contributed by atoms with van der Waals surface area (Å²) in [7, 11) is 0. The molecule has 254 valence electrons. The molecule has 1 aliphatic carbocycles. The number of fused-ring (bicyclic) bond motifs is 10. The van der Waals surface area contributed by atoms with Crippen LogP contribution in [-0.2, 0) is 5.41 Å². The Morgan fingerprint density at radius 1 is 0.463 bits per heavy atom. The molecule has 0 fully saturated rings. The number of pyridine rings is 1. The Hall–Kier alpha value is -6.91. The molecular formula is C50H34N4. The Morgan fingerprint density at radius 2 is 1.07 bits per heavy atom. The summed E-state index contributed by atoms with van der Waals surface area (Å²) in [6, 6.07) is 60.4. The van der Waals surface area contributed by atoms with Gasteiger partial charge < -0.3 is 0 Å². The van der Waals surface area contributed by atoms with E-state index < -0.39 is 0 Å². The molecule has 0 amide bonds. The zero-order chi connectivity index (χ0) is 36.0. The van der Waals surface area contributed by atoms with Crippen LogP contribution in [0.2, 0.25) is 0 Å². The highest BCUT2D eigenvalue weighted by atomic mass is 15.3. The van der Waals surface area contributed by atoms with Crippen LogP contribution in [0.3, 0.4) is 0 Å². The minimum Gasteiger partial charge on any atom is -0.247 e. The van der Waals surface area contributed by atoms with Gasteiger partial charge >= 0.3 is 0 Å². The van der Waals surface area contributed by atoms with Crippen LogP contribution in [0.5, 0.6) is 0 Å². The van der Waals surface area contributed by atoms with E-state index in [4.69, 9.17) is 15.1 Å². The van der Waals surface area contributed by atoms with E-state index in [1.54, 1.807) is 0 Å². The largest absolute Gasteiger partial charge is 0.247 e. The van der Waals surface area contributed by atoms with Gasteiger partial charge in [-0.25, -0.2) is 14.5 Å². The van der Waals surface area contributed by atoms with Crippen LogP contribution in [0.15, 0.2) is 170 Å². The van der Waals surface area contributed by atoms with Crippen molar-refractivity contribution in [1.82, 2.24) is 19.6 Å². The van der Waals surface area contributed by atoms with E-state index in [2.05, 4.69) is 159 Å². The first-order valence-corrected chi connectivity index (χ1v) is 18.5. The van der Waals surface area contributed by atoms with Gasteiger partial charge in [-0.3, -0.25) is 0 Å². The van der Waals surface area contributed by atoms with Gasteiger partial charge in [0.15, 0.2) is 5.82 Å². The Morgan fingerprint density at radius 3 is 1.83 bits per heavy atom. The van der Waals surface area contributed by atoms with Crippen LogP contribution in [0, 0.1) is 0 Å². The third-order valence-electron chi connectivity index (χ3n) is 11.4. The van der Waals surface area contributed by atoms with E-state index in [0.29, 0.717) is 0 Å². The molecule has 3 aromatic heterocycles. The van der Waals surface area contributed by atoms with Crippen LogP contribution >= 0.6 is 0 Å². The molecule has 0 bridgehead atoms. The molecule has 0 aliphatic heterocycles. The van der Waals surface area contributed by atoms with Gasteiger partial charge in [0, 0.05) is 38.3 Å². The van der Waals surface area contributed by atoms with Gasteiger partial charge in [-0.1, -0.05) is 166 Å². The summed E-state index contributed by atoms with van der Waals surface area (Å²) in [4.78, 5) is 10.4. The van der Waals surface area contributed by atoms with E-state index in [1.165, 1.54) is 38.4 Å². The van der Waals surface area contributed by atoms with Crippen molar-refractivity contribution >= 4 is 38.1 Å². The van der Waals surface area contributed by atoms with Gasteiger partial charge in [0.2, 0.25) is 0 Å². The third-order valence-corrected chi connectivity index (χ3v) is 11.4. The summed E-state index contributed by atoms with van der Waals surface area (Å²) < 4.78 is 1.99. The molecule has 4 nitrogen and oxygen atoms in total. The molecule has 10 aromatic rings. The predicted molar refractivity (Wildman–Crippen MR) is 223 cm³/mol. The Balaban J connectivity index is 0.990. The molecule has 1 aliphatic rings. The van der Waals surface area contributed by atoms with E-state index in [9.17, 15) is 0 Å². The lowest BCUT2D eigenvalue weighted by Gasteiger charge is -2.24. The molecule has 11 rings (SSSR count). The Labute approximate surface area is 313 Å². The van der Waals surface area contributed by atoms with Crippen molar-refractivity contribution in [3.63, 3.8) is 0 Å². The molecule has 7 aromatic carbocycles. The summed E-state index contributed by atoms with van der Waals surface area (Å²) in [5.74, 6) is 0.819. The van der Waals surface area contributed by atoms with Crippen molar-refractivity contribution in [2.75, 3.05) is 0 Å². The SMILES string of the molecule is CC1(C)c2ccccc2-c2ccc3c(-c4ccc(-c5ccc(-c6nc7ccccc7c7cc(-c8ccccc8)nn67)cc5)cc4)nc4ccccc4c3c21. The van der Waals surface area contributed by atoms with Gasteiger partial charge in [0.05, 0.1) is 27.9 Å². The minimum absolute atomic E-state index is 0.126. The molecule has 0 radical (unpaired) electrons. The maximum absolute atomic E-state index is 5.30. The smallest absolute Gasteiger partial charge is 0.161 e. The van der Waals surface area contributed by atoms with Gasteiger partial charge in [0.1, 0.15) is 0 Å². The Bertz CT molecular complexity index is 3100. The average Bonchev–Trinajstić information content (AvgIpc) is 3.78. The van der Waals surface area contributed by atoms with Crippen LogP contribution in [0.1, 0.15) is 25.0 Å². The first-order valence-electron chi connectivity index (χ1n) is 18.5. The monoisotopic (exact) mass is 690 g/mol. The fourth-order valence-corrected chi connectivity index (χ4v) is 8.79. The first kappa shape index (κ1) is 30.7. The van der Waals surface area contributed by atoms with Crippen LogP contribution in [-0.4, -0.2) is 19.6 Å². The maximum atomic E-state index is 5.30. The lowest BCUT2D eigenvalue weighted by Crippen LogP contribution is -2.15. The van der Waals surface area contributed by atoms with Gasteiger partial charge in [-0.05, 0) is 57.0 Å². The van der Waals surface area contributed by atoms with Crippen molar-refractivity contribution in [3.05, 3.63) is 181 Å². The Kier molecular flexibility index (Phi) is 6.56. The molecule has 0 atom stereocenters. The van der Waals surface area contributed by atoms with Crippen molar-refractivity contribution in [2.24, 2.45) is 0 Å².